The predicted molar refractivity (Wildman–Crippen MR) is 122 cm³/mol. The van der Waals surface area contributed by atoms with Crippen molar-refractivity contribution in [2.45, 2.75) is 25.9 Å². The summed E-state index contributed by atoms with van der Waals surface area (Å²) in [5.74, 6) is -0.316. The molecule has 0 saturated carbocycles. The molecule has 31 heavy (non-hydrogen) atoms. The number of carbonyl (C=O) groups is 2. The van der Waals surface area contributed by atoms with Gasteiger partial charge in [0.15, 0.2) is 6.54 Å². The zero-order chi connectivity index (χ0) is 22.1. The maximum Gasteiger partial charge on any atom is 0.318 e. The molecule has 1 aliphatic rings. The van der Waals surface area contributed by atoms with E-state index in [9.17, 15) is 9.59 Å². The van der Waals surface area contributed by atoms with Crippen molar-refractivity contribution in [2.75, 3.05) is 13.6 Å². The number of carbonyl (C=O) groups excluding carboxylic acids is 2. The minimum absolute atomic E-state index is 0.0601. The van der Waals surface area contributed by atoms with Crippen LogP contribution in [0.1, 0.15) is 39.3 Å². The van der Waals surface area contributed by atoms with Crippen LogP contribution in [0.2, 0.25) is 4.34 Å². The van der Waals surface area contributed by atoms with Gasteiger partial charge in [0.2, 0.25) is 5.91 Å². The minimum atomic E-state index is -0.153. The normalized spacial score (nSPS) is 15.5. The van der Waals surface area contributed by atoms with Gasteiger partial charge in [0.1, 0.15) is 0 Å². The van der Waals surface area contributed by atoms with Crippen molar-refractivity contribution in [2.24, 2.45) is 0 Å². The van der Waals surface area contributed by atoms with E-state index in [1.165, 1.54) is 17.4 Å². The first-order chi connectivity index (χ1) is 15.0. The maximum atomic E-state index is 12.7. The second kappa shape index (κ2) is 8.69. The van der Waals surface area contributed by atoms with Crippen LogP contribution in [-0.2, 0) is 17.9 Å². The number of fused-ring (bicyclic) bond motifs is 1. The summed E-state index contributed by atoms with van der Waals surface area (Å²) < 4.78 is 2.53. The van der Waals surface area contributed by atoms with E-state index in [2.05, 4.69) is 23.1 Å². The Labute approximate surface area is 190 Å². The van der Waals surface area contributed by atoms with Crippen molar-refractivity contribution in [1.82, 2.24) is 15.3 Å². The smallest absolute Gasteiger partial charge is 0.318 e. The van der Waals surface area contributed by atoms with Crippen LogP contribution in [0, 0.1) is 0 Å². The van der Waals surface area contributed by atoms with Gasteiger partial charge in [0, 0.05) is 24.4 Å². The number of hydrogen-bond acceptors (Lipinski definition) is 3. The number of halogens is 1. The second-order valence-corrected chi connectivity index (χ2v) is 9.12. The SMILES string of the molecule is C=CC(=O)N1Cc2sc(Cl)cc2[C@H](c2ccccc2-c2c[nH][n+](CC)c2C(=O)NC)C1. The monoisotopic (exact) mass is 455 g/mol. The lowest BCUT2D eigenvalue weighted by molar-refractivity contribution is -0.748. The van der Waals surface area contributed by atoms with Gasteiger partial charge in [-0.15, -0.1) is 16.0 Å². The molecule has 0 fully saturated rings. The number of nitrogens with one attached hydrogen (secondary N) is 2. The average Bonchev–Trinajstić information content (AvgIpc) is 3.39. The van der Waals surface area contributed by atoms with Crippen molar-refractivity contribution < 1.29 is 14.3 Å². The third-order valence-corrected chi connectivity index (χ3v) is 6.95. The molecule has 3 heterocycles. The van der Waals surface area contributed by atoms with Crippen LogP contribution in [0.3, 0.4) is 0 Å². The van der Waals surface area contributed by atoms with Crippen LogP contribution in [-0.4, -0.2) is 35.4 Å². The zero-order valence-electron chi connectivity index (χ0n) is 17.4. The largest absolute Gasteiger partial charge is 0.350 e. The van der Waals surface area contributed by atoms with Crippen molar-refractivity contribution in [3.05, 3.63) is 75.2 Å². The molecule has 2 amide bonds. The number of nitrogens with zero attached hydrogens (tertiary/aromatic N) is 2. The van der Waals surface area contributed by atoms with E-state index < -0.39 is 0 Å². The molecule has 0 aliphatic carbocycles. The molecule has 0 unspecified atom stereocenters. The number of rotatable bonds is 5. The van der Waals surface area contributed by atoms with E-state index in [-0.39, 0.29) is 17.7 Å². The van der Waals surface area contributed by atoms with E-state index in [4.69, 9.17) is 11.6 Å². The first-order valence-electron chi connectivity index (χ1n) is 10.1. The topological polar surface area (TPSA) is 69.1 Å². The van der Waals surface area contributed by atoms with E-state index in [0.29, 0.717) is 29.7 Å². The van der Waals surface area contributed by atoms with Gasteiger partial charge in [0.05, 0.1) is 22.6 Å². The third-order valence-electron chi connectivity index (χ3n) is 5.69. The molecule has 1 aliphatic heterocycles. The van der Waals surface area contributed by atoms with Gasteiger partial charge < -0.3 is 10.2 Å². The third kappa shape index (κ3) is 3.79. The molecule has 3 aromatic rings. The van der Waals surface area contributed by atoms with E-state index in [1.807, 2.05) is 42.1 Å². The second-order valence-electron chi connectivity index (χ2n) is 7.35. The van der Waals surface area contributed by atoms with Crippen molar-refractivity contribution in [1.29, 1.82) is 0 Å². The van der Waals surface area contributed by atoms with Crippen LogP contribution >= 0.6 is 22.9 Å². The molecule has 1 aromatic carbocycles. The average molecular weight is 456 g/mol. The number of aryl methyl sites for hydroxylation is 1. The fourth-order valence-electron chi connectivity index (χ4n) is 4.23. The number of hydrogen-bond donors (Lipinski definition) is 2. The predicted octanol–water partition coefficient (Wildman–Crippen LogP) is 3.72. The van der Waals surface area contributed by atoms with Gasteiger partial charge in [0.25, 0.3) is 0 Å². The molecular weight excluding hydrogens is 432 g/mol. The Bertz CT molecular complexity index is 1170. The quantitative estimate of drug-likeness (QED) is 0.454. The Morgan fingerprint density at radius 1 is 1.35 bits per heavy atom. The fraction of sp³-hybridized carbons (Fsp3) is 0.261. The number of amides is 2. The van der Waals surface area contributed by atoms with Gasteiger partial charge in [-0.3, -0.25) is 9.59 Å². The summed E-state index contributed by atoms with van der Waals surface area (Å²) in [6.45, 7) is 7.32. The molecule has 0 bridgehead atoms. The number of thiophene rings is 1. The lowest BCUT2D eigenvalue weighted by Gasteiger charge is -2.33. The highest BCUT2D eigenvalue weighted by Crippen LogP contribution is 2.43. The lowest BCUT2D eigenvalue weighted by atomic mass is 9.84. The Balaban J connectivity index is 1.88. The summed E-state index contributed by atoms with van der Waals surface area (Å²) in [5, 5.41) is 5.93. The Kier molecular flexibility index (Phi) is 5.98. The molecule has 1 atom stereocenters. The minimum Gasteiger partial charge on any atom is -0.350 e. The lowest BCUT2D eigenvalue weighted by Crippen LogP contribution is -2.43. The standard InChI is InChI=1S/C23H23ClN4O2S/c1-4-21(29)27-12-18(16-10-20(24)31-19(16)13-27)15-9-7-6-8-14(15)17-11-26-28(5-2)22(17)23(30)25-3/h4,6-11,18H,1,5,12-13H2,2-3H3,(H,25,30)/p+1/t18-/m0/s1. The van der Waals surface area contributed by atoms with Crippen LogP contribution in [0.5, 0.6) is 0 Å². The van der Waals surface area contributed by atoms with Crippen molar-refractivity contribution in [3.63, 3.8) is 0 Å². The summed E-state index contributed by atoms with van der Waals surface area (Å²) in [4.78, 5) is 28.0. The number of benzene rings is 1. The summed E-state index contributed by atoms with van der Waals surface area (Å²) in [6, 6.07) is 10.0. The van der Waals surface area contributed by atoms with E-state index in [0.717, 1.165) is 27.1 Å². The number of aromatic amines is 1. The first kappa shape index (κ1) is 21.3. The molecule has 0 radical (unpaired) electrons. The Morgan fingerprint density at radius 3 is 2.84 bits per heavy atom. The van der Waals surface area contributed by atoms with Gasteiger partial charge in [-0.1, -0.05) is 42.4 Å². The van der Waals surface area contributed by atoms with Gasteiger partial charge in [-0.2, -0.15) is 5.10 Å². The number of aromatic nitrogens is 2. The van der Waals surface area contributed by atoms with E-state index in [1.54, 1.807) is 11.9 Å². The highest BCUT2D eigenvalue weighted by atomic mass is 35.5. The molecule has 6 nitrogen and oxygen atoms in total. The van der Waals surface area contributed by atoms with Crippen LogP contribution in [0.4, 0.5) is 0 Å². The van der Waals surface area contributed by atoms with Crippen molar-refractivity contribution >= 4 is 34.8 Å². The number of H-pyrrole nitrogens is 1. The van der Waals surface area contributed by atoms with Gasteiger partial charge in [-0.05, 0) is 35.8 Å². The van der Waals surface area contributed by atoms with Gasteiger partial charge in [-0.25, -0.2) is 0 Å². The molecule has 0 spiro atoms. The molecule has 8 heteroatoms. The highest BCUT2D eigenvalue weighted by molar-refractivity contribution is 7.16. The Morgan fingerprint density at radius 2 is 2.13 bits per heavy atom. The van der Waals surface area contributed by atoms with Gasteiger partial charge >= 0.3 is 11.6 Å². The zero-order valence-corrected chi connectivity index (χ0v) is 19.0. The molecule has 2 aromatic heterocycles. The van der Waals surface area contributed by atoms with Crippen molar-refractivity contribution in [3.8, 4) is 11.1 Å². The summed E-state index contributed by atoms with van der Waals surface area (Å²) in [5.41, 5.74) is 4.54. The molecule has 2 N–H and O–H groups in total. The van der Waals surface area contributed by atoms with Crippen LogP contribution < -0.4 is 10.00 Å². The molecule has 160 valence electrons. The fourth-order valence-corrected chi connectivity index (χ4v) is 5.59. The highest BCUT2D eigenvalue weighted by Gasteiger charge is 2.34. The molecule has 4 rings (SSSR count). The summed E-state index contributed by atoms with van der Waals surface area (Å²) >= 11 is 7.87. The molecular formula is C23H24ClN4O2S+. The summed E-state index contributed by atoms with van der Waals surface area (Å²) in [6.07, 6.45) is 3.22. The van der Waals surface area contributed by atoms with Crippen LogP contribution in [0.15, 0.2) is 49.2 Å². The molecule has 0 saturated heterocycles. The maximum absolute atomic E-state index is 12.7. The summed E-state index contributed by atoms with van der Waals surface area (Å²) in [7, 11) is 1.63. The van der Waals surface area contributed by atoms with E-state index >= 15 is 0 Å². The Hall–Kier alpha value is -2.90. The first-order valence-corrected chi connectivity index (χ1v) is 11.3. The van der Waals surface area contributed by atoms with Crippen LogP contribution in [0.25, 0.3) is 11.1 Å².